The van der Waals surface area contributed by atoms with E-state index in [1.165, 1.54) is 4.90 Å². The Morgan fingerprint density at radius 1 is 1.19 bits per heavy atom. The van der Waals surface area contributed by atoms with Gasteiger partial charge in [-0.1, -0.05) is 18.2 Å². The van der Waals surface area contributed by atoms with Gasteiger partial charge in [0.25, 0.3) is 5.91 Å². The third kappa shape index (κ3) is 2.86. The summed E-state index contributed by atoms with van der Waals surface area (Å²) >= 11 is 0. The number of halogens is 2. The fraction of sp³-hybridized carbons (Fsp3) is 0.188. The van der Waals surface area contributed by atoms with Gasteiger partial charge in [-0.3, -0.25) is 4.79 Å². The minimum absolute atomic E-state index is 0.0655. The van der Waals surface area contributed by atoms with Gasteiger partial charge in [0.05, 0.1) is 0 Å². The van der Waals surface area contributed by atoms with Crippen molar-refractivity contribution in [1.29, 1.82) is 0 Å². The van der Waals surface area contributed by atoms with Gasteiger partial charge in [-0.2, -0.15) is 0 Å². The number of hydrogen-bond donors (Lipinski definition) is 1. The lowest BCUT2D eigenvalue weighted by atomic mass is 10.1. The average Bonchev–Trinajstić information content (AvgIpc) is 2.46. The van der Waals surface area contributed by atoms with Crippen LogP contribution in [0.25, 0.3) is 0 Å². The van der Waals surface area contributed by atoms with E-state index in [0.717, 1.165) is 17.7 Å². The average molecular weight is 290 g/mol. The number of nitrogen functional groups attached to an aromatic ring is 1. The molecule has 0 saturated carbocycles. The Morgan fingerprint density at radius 2 is 1.76 bits per heavy atom. The molecule has 1 amide bonds. The molecule has 2 aromatic carbocycles. The minimum Gasteiger partial charge on any atom is -0.394 e. The summed E-state index contributed by atoms with van der Waals surface area (Å²) < 4.78 is 27.0. The van der Waals surface area contributed by atoms with Gasteiger partial charge in [-0.15, -0.1) is 0 Å². The van der Waals surface area contributed by atoms with E-state index in [1.807, 2.05) is 25.1 Å². The molecule has 0 atom stereocenters. The topological polar surface area (TPSA) is 46.3 Å². The van der Waals surface area contributed by atoms with Gasteiger partial charge in [0.1, 0.15) is 17.3 Å². The van der Waals surface area contributed by atoms with Crippen LogP contribution in [0.15, 0.2) is 36.4 Å². The van der Waals surface area contributed by atoms with Crippen molar-refractivity contribution in [3.63, 3.8) is 0 Å². The second-order valence-electron chi connectivity index (χ2n) is 4.69. The zero-order valence-electron chi connectivity index (χ0n) is 11.9. The summed E-state index contributed by atoms with van der Waals surface area (Å²) in [5.74, 6) is -2.33. The normalized spacial score (nSPS) is 10.5. The molecular weight excluding hydrogens is 274 g/mol. The Morgan fingerprint density at radius 3 is 2.29 bits per heavy atom. The van der Waals surface area contributed by atoms with E-state index in [1.54, 1.807) is 13.0 Å². The zero-order chi connectivity index (χ0) is 15.6. The number of nitrogens with zero attached hydrogens (tertiary/aromatic N) is 1. The van der Waals surface area contributed by atoms with Crippen LogP contribution < -0.4 is 10.6 Å². The Labute approximate surface area is 122 Å². The Balaban J connectivity index is 2.44. The Bertz CT molecular complexity index is 663. The third-order valence-electron chi connectivity index (χ3n) is 3.29. The van der Waals surface area contributed by atoms with Crippen LogP contribution >= 0.6 is 0 Å². The van der Waals surface area contributed by atoms with Crippen molar-refractivity contribution >= 4 is 17.3 Å². The molecule has 0 aromatic heterocycles. The van der Waals surface area contributed by atoms with Gasteiger partial charge in [0.2, 0.25) is 0 Å². The first-order valence-corrected chi connectivity index (χ1v) is 6.57. The number of rotatable bonds is 3. The number of anilines is 2. The lowest BCUT2D eigenvalue weighted by Crippen LogP contribution is -2.31. The highest BCUT2D eigenvalue weighted by Crippen LogP contribution is 2.23. The van der Waals surface area contributed by atoms with Gasteiger partial charge in [0, 0.05) is 17.8 Å². The van der Waals surface area contributed by atoms with Crippen LogP contribution in [0.1, 0.15) is 22.8 Å². The Hall–Kier alpha value is -2.43. The van der Waals surface area contributed by atoms with Crippen LogP contribution in [0.2, 0.25) is 0 Å². The molecule has 0 aliphatic carbocycles. The lowest BCUT2D eigenvalue weighted by molar-refractivity contribution is 0.0987. The predicted molar refractivity (Wildman–Crippen MR) is 79.3 cm³/mol. The van der Waals surface area contributed by atoms with Crippen molar-refractivity contribution in [3.05, 3.63) is 59.2 Å². The maximum Gasteiger partial charge on any atom is 0.258 e. The molecule has 0 fully saturated rings. The number of aryl methyl sites for hydroxylation is 1. The second kappa shape index (κ2) is 5.91. The van der Waals surface area contributed by atoms with E-state index in [-0.39, 0.29) is 5.56 Å². The van der Waals surface area contributed by atoms with Crippen molar-refractivity contribution in [3.8, 4) is 0 Å². The first kappa shape index (κ1) is 15.0. The molecule has 0 heterocycles. The van der Waals surface area contributed by atoms with Crippen molar-refractivity contribution in [2.24, 2.45) is 0 Å². The van der Waals surface area contributed by atoms with Crippen molar-refractivity contribution in [2.45, 2.75) is 13.8 Å². The van der Waals surface area contributed by atoms with Crippen molar-refractivity contribution < 1.29 is 13.6 Å². The molecular formula is C16H16F2N2O. The molecule has 0 unspecified atom stereocenters. The van der Waals surface area contributed by atoms with Crippen LogP contribution in [-0.2, 0) is 0 Å². The summed E-state index contributed by atoms with van der Waals surface area (Å²) in [6, 6.07) is 9.25. The lowest BCUT2D eigenvalue weighted by Gasteiger charge is -2.23. The highest BCUT2D eigenvalue weighted by molar-refractivity contribution is 6.06. The number of para-hydroxylation sites is 1. The number of hydrogen-bond acceptors (Lipinski definition) is 2. The maximum atomic E-state index is 13.5. The highest BCUT2D eigenvalue weighted by Gasteiger charge is 2.20. The largest absolute Gasteiger partial charge is 0.394 e. The number of benzene rings is 2. The van der Waals surface area contributed by atoms with Crippen LogP contribution in [0.4, 0.5) is 20.2 Å². The molecule has 0 aliphatic rings. The Kier molecular flexibility index (Phi) is 4.21. The summed E-state index contributed by atoms with van der Waals surface area (Å²) in [5, 5.41) is 0. The highest BCUT2D eigenvalue weighted by atomic mass is 19.1. The molecule has 0 aliphatic heterocycles. The molecule has 2 rings (SSSR count). The molecule has 2 N–H and O–H groups in total. The molecule has 5 heteroatoms. The SMILES string of the molecule is CCN(C(=O)c1cc(F)c(N)c(F)c1)c1ccccc1C. The van der Waals surface area contributed by atoms with E-state index in [2.05, 4.69) is 0 Å². The monoisotopic (exact) mass is 290 g/mol. The van der Waals surface area contributed by atoms with E-state index in [9.17, 15) is 13.6 Å². The molecule has 0 spiro atoms. The maximum absolute atomic E-state index is 13.5. The standard InChI is InChI=1S/C16H16F2N2O/c1-3-20(14-7-5-4-6-10(14)2)16(21)11-8-12(17)15(19)13(18)9-11/h4-9H,3,19H2,1-2H3. The molecule has 0 bridgehead atoms. The van der Waals surface area contributed by atoms with Crippen LogP contribution in [-0.4, -0.2) is 12.5 Å². The van der Waals surface area contributed by atoms with Crippen LogP contribution in [0.3, 0.4) is 0 Å². The number of amides is 1. The van der Waals surface area contributed by atoms with Gasteiger partial charge < -0.3 is 10.6 Å². The van der Waals surface area contributed by atoms with E-state index in [4.69, 9.17) is 5.73 Å². The number of carbonyl (C=O) groups is 1. The molecule has 0 saturated heterocycles. The van der Waals surface area contributed by atoms with Gasteiger partial charge in [-0.25, -0.2) is 8.78 Å². The first-order chi connectivity index (χ1) is 9.95. The summed E-state index contributed by atoms with van der Waals surface area (Å²) in [5.41, 5.74) is 6.19. The summed E-state index contributed by atoms with van der Waals surface area (Å²) in [6.07, 6.45) is 0. The molecule has 110 valence electrons. The van der Waals surface area contributed by atoms with Gasteiger partial charge >= 0.3 is 0 Å². The minimum atomic E-state index is -0.931. The van der Waals surface area contributed by atoms with Crippen molar-refractivity contribution in [1.82, 2.24) is 0 Å². The van der Waals surface area contributed by atoms with E-state index in [0.29, 0.717) is 12.2 Å². The van der Waals surface area contributed by atoms with Gasteiger partial charge in [0.15, 0.2) is 0 Å². The number of carbonyl (C=O) groups excluding carboxylic acids is 1. The summed E-state index contributed by atoms with van der Waals surface area (Å²) in [7, 11) is 0. The smallest absolute Gasteiger partial charge is 0.258 e. The third-order valence-corrected chi connectivity index (χ3v) is 3.29. The quantitative estimate of drug-likeness (QED) is 0.879. The zero-order valence-corrected chi connectivity index (χ0v) is 11.9. The molecule has 2 aromatic rings. The molecule has 3 nitrogen and oxygen atoms in total. The summed E-state index contributed by atoms with van der Waals surface area (Å²) in [6.45, 7) is 4.06. The van der Waals surface area contributed by atoms with E-state index < -0.39 is 23.2 Å². The van der Waals surface area contributed by atoms with Crippen LogP contribution in [0.5, 0.6) is 0 Å². The van der Waals surface area contributed by atoms with Gasteiger partial charge in [-0.05, 0) is 37.6 Å². The van der Waals surface area contributed by atoms with E-state index >= 15 is 0 Å². The number of nitrogens with two attached hydrogens (primary N) is 1. The molecule has 0 radical (unpaired) electrons. The van der Waals surface area contributed by atoms with Crippen molar-refractivity contribution in [2.75, 3.05) is 17.2 Å². The fourth-order valence-electron chi connectivity index (χ4n) is 2.15. The fourth-order valence-corrected chi connectivity index (χ4v) is 2.15. The van der Waals surface area contributed by atoms with Crippen LogP contribution in [0, 0.1) is 18.6 Å². The molecule has 21 heavy (non-hydrogen) atoms. The summed E-state index contributed by atoms with van der Waals surface area (Å²) in [4.78, 5) is 14.0. The first-order valence-electron chi connectivity index (χ1n) is 6.57. The second-order valence-corrected chi connectivity index (χ2v) is 4.69. The predicted octanol–water partition coefficient (Wildman–Crippen LogP) is 3.52.